The molecule has 0 heterocycles. The number of benzene rings is 2. The molecule has 0 radical (unpaired) electrons. The van der Waals surface area contributed by atoms with Crippen LogP contribution >= 0.6 is 39.1 Å². The Kier molecular flexibility index (Phi) is 4.61. The summed E-state index contributed by atoms with van der Waals surface area (Å²) in [5, 5.41) is 0.535. The Hall–Kier alpha value is -0.900. The van der Waals surface area contributed by atoms with Crippen molar-refractivity contribution in [1.29, 1.82) is 0 Å². The van der Waals surface area contributed by atoms with Gasteiger partial charge >= 0.3 is 0 Å². The van der Waals surface area contributed by atoms with Gasteiger partial charge in [0.25, 0.3) is 0 Å². The van der Waals surface area contributed by atoms with E-state index in [9.17, 15) is 9.18 Å². The average Bonchev–Trinajstić information content (AvgIpc) is 2.38. The lowest BCUT2D eigenvalue weighted by Gasteiger charge is -2.05. The molecule has 0 aliphatic carbocycles. The minimum absolute atomic E-state index is 0.0163. The zero-order chi connectivity index (χ0) is 14.0. The Morgan fingerprint density at radius 2 is 1.89 bits per heavy atom. The molecule has 0 bridgehead atoms. The first-order valence-corrected chi connectivity index (χ1v) is 6.95. The number of ketones is 1. The van der Waals surface area contributed by atoms with Crippen LogP contribution in [0, 0.1) is 5.82 Å². The Bertz CT molecular complexity index is 643. The van der Waals surface area contributed by atoms with Gasteiger partial charge in [0.15, 0.2) is 5.78 Å². The molecule has 0 amide bonds. The molecular weight excluding hydrogens is 354 g/mol. The third-order valence-electron chi connectivity index (χ3n) is 2.62. The van der Waals surface area contributed by atoms with Crippen LogP contribution in [0.4, 0.5) is 4.39 Å². The Balaban J connectivity index is 2.26. The number of Topliss-reactive ketones (excluding diaryl/α,β-unsaturated/α-hetero) is 1. The summed E-state index contributed by atoms with van der Waals surface area (Å²) in [4.78, 5) is 12.1. The molecule has 19 heavy (non-hydrogen) atoms. The van der Waals surface area contributed by atoms with Crippen LogP contribution in [0.3, 0.4) is 0 Å². The number of rotatable bonds is 3. The zero-order valence-corrected chi connectivity index (χ0v) is 12.7. The van der Waals surface area contributed by atoms with E-state index in [0.29, 0.717) is 15.1 Å². The highest BCUT2D eigenvalue weighted by Gasteiger charge is 2.13. The predicted molar refractivity (Wildman–Crippen MR) is 78.6 cm³/mol. The summed E-state index contributed by atoms with van der Waals surface area (Å²) in [6.45, 7) is 0. The number of carbonyl (C=O) groups excluding carboxylic acids is 1. The van der Waals surface area contributed by atoms with E-state index in [1.54, 1.807) is 30.3 Å². The van der Waals surface area contributed by atoms with Crippen LogP contribution < -0.4 is 0 Å². The van der Waals surface area contributed by atoms with Gasteiger partial charge in [0.1, 0.15) is 5.82 Å². The third kappa shape index (κ3) is 3.35. The lowest BCUT2D eigenvalue weighted by Crippen LogP contribution is -2.05. The smallest absolute Gasteiger partial charge is 0.167 e. The van der Waals surface area contributed by atoms with Crippen molar-refractivity contribution >= 4 is 44.9 Å². The van der Waals surface area contributed by atoms with Crippen LogP contribution in [-0.4, -0.2) is 5.78 Å². The maximum atomic E-state index is 13.7. The summed E-state index contributed by atoms with van der Waals surface area (Å²) in [5.74, 6) is -0.746. The van der Waals surface area contributed by atoms with Gasteiger partial charge in [0, 0.05) is 16.5 Å². The van der Waals surface area contributed by atoms with E-state index in [0.717, 1.165) is 0 Å². The zero-order valence-electron chi connectivity index (χ0n) is 9.59. The molecule has 0 spiro atoms. The first-order chi connectivity index (χ1) is 8.99. The van der Waals surface area contributed by atoms with Crippen LogP contribution in [0.25, 0.3) is 0 Å². The van der Waals surface area contributed by atoms with Crippen molar-refractivity contribution in [3.05, 3.63) is 67.9 Å². The topological polar surface area (TPSA) is 17.1 Å². The molecule has 98 valence electrons. The summed E-state index contributed by atoms with van der Waals surface area (Å²) in [6.07, 6.45) is -0.0412. The summed E-state index contributed by atoms with van der Waals surface area (Å²) in [5.41, 5.74) is 0.749. The molecule has 0 saturated carbocycles. The molecule has 0 saturated heterocycles. The maximum Gasteiger partial charge on any atom is 0.167 e. The molecule has 1 nitrogen and oxygen atoms in total. The highest BCUT2D eigenvalue weighted by atomic mass is 79.9. The highest BCUT2D eigenvalue weighted by Crippen LogP contribution is 2.25. The maximum absolute atomic E-state index is 13.7. The second kappa shape index (κ2) is 6.04. The Labute approximate surface area is 128 Å². The predicted octanol–water partition coefficient (Wildman–Crippen LogP) is 5.32. The van der Waals surface area contributed by atoms with Gasteiger partial charge in [-0.05, 0) is 45.8 Å². The van der Waals surface area contributed by atoms with Crippen molar-refractivity contribution in [3.8, 4) is 0 Å². The SMILES string of the molecule is O=C(Cc1cccc(Cl)c1F)c1ccc(Cl)c(Br)c1. The molecule has 0 aliphatic heterocycles. The van der Waals surface area contributed by atoms with Crippen LogP contribution in [-0.2, 0) is 6.42 Å². The fourth-order valence-corrected chi connectivity index (χ4v) is 2.32. The van der Waals surface area contributed by atoms with Gasteiger partial charge < -0.3 is 0 Å². The lowest BCUT2D eigenvalue weighted by atomic mass is 10.0. The first-order valence-electron chi connectivity index (χ1n) is 5.40. The van der Waals surface area contributed by atoms with Crippen molar-refractivity contribution in [2.75, 3.05) is 0 Å². The largest absolute Gasteiger partial charge is 0.294 e. The Morgan fingerprint density at radius 1 is 1.16 bits per heavy atom. The van der Waals surface area contributed by atoms with E-state index in [2.05, 4.69) is 15.9 Å². The number of hydrogen-bond acceptors (Lipinski definition) is 1. The fourth-order valence-electron chi connectivity index (χ4n) is 1.63. The van der Waals surface area contributed by atoms with Crippen molar-refractivity contribution in [2.45, 2.75) is 6.42 Å². The van der Waals surface area contributed by atoms with E-state index in [4.69, 9.17) is 23.2 Å². The normalized spacial score (nSPS) is 10.5. The molecular formula is C14H8BrCl2FO. The van der Waals surface area contributed by atoms with E-state index >= 15 is 0 Å². The quantitative estimate of drug-likeness (QED) is 0.676. The molecule has 0 unspecified atom stereocenters. The van der Waals surface area contributed by atoms with E-state index in [1.807, 2.05) is 0 Å². The van der Waals surface area contributed by atoms with Gasteiger partial charge in [-0.15, -0.1) is 0 Å². The molecule has 5 heteroatoms. The molecule has 0 aromatic heterocycles. The van der Waals surface area contributed by atoms with E-state index in [1.165, 1.54) is 6.07 Å². The molecule has 0 N–H and O–H groups in total. The minimum Gasteiger partial charge on any atom is -0.294 e. The van der Waals surface area contributed by atoms with Gasteiger partial charge in [0.2, 0.25) is 0 Å². The van der Waals surface area contributed by atoms with Crippen molar-refractivity contribution in [3.63, 3.8) is 0 Å². The molecule has 0 atom stereocenters. The van der Waals surface area contributed by atoms with E-state index in [-0.39, 0.29) is 22.8 Å². The van der Waals surface area contributed by atoms with Gasteiger partial charge in [-0.2, -0.15) is 0 Å². The van der Waals surface area contributed by atoms with Crippen LogP contribution in [0.15, 0.2) is 40.9 Å². The second-order valence-electron chi connectivity index (χ2n) is 3.94. The minimum atomic E-state index is -0.550. The number of carbonyl (C=O) groups is 1. The van der Waals surface area contributed by atoms with Crippen molar-refractivity contribution in [2.24, 2.45) is 0 Å². The standard InChI is InChI=1S/C14H8BrCl2FO/c15-10-6-8(4-5-11(10)16)13(19)7-9-2-1-3-12(17)14(9)18/h1-6H,7H2. The summed E-state index contributed by atoms with van der Waals surface area (Å²) in [6, 6.07) is 9.46. The summed E-state index contributed by atoms with van der Waals surface area (Å²) < 4.78 is 14.3. The van der Waals surface area contributed by atoms with Gasteiger partial charge in [-0.25, -0.2) is 4.39 Å². The highest BCUT2D eigenvalue weighted by molar-refractivity contribution is 9.10. The molecule has 2 aromatic rings. The fraction of sp³-hybridized carbons (Fsp3) is 0.0714. The average molecular weight is 362 g/mol. The molecule has 2 aromatic carbocycles. The summed E-state index contributed by atoms with van der Waals surface area (Å²) in [7, 11) is 0. The van der Waals surface area contributed by atoms with Gasteiger partial charge in [-0.1, -0.05) is 35.3 Å². The van der Waals surface area contributed by atoms with Crippen LogP contribution in [0.2, 0.25) is 10.0 Å². The first kappa shape index (κ1) is 14.5. The Morgan fingerprint density at radius 3 is 2.58 bits per heavy atom. The lowest BCUT2D eigenvalue weighted by molar-refractivity contribution is 0.0992. The number of hydrogen-bond donors (Lipinski definition) is 0. The molecule has 0 aliphatic rings. The van der Waals surface area contributed by atoms with Crippen molar-refractivity contribution < 1.29 is 9.18 Å². The third-order valence-corrected chi connectivity index (χ3v) is 4.13. The molecule has 2 rings (SSSR count). The van der Waals surface area contributed by atoms with Crippen LogP contribution in [0.1, 0.15) is 15.9 Å². The van der Waals surface area contributed by atoms with Crippen molar-refractivity contribution in [1.82, 2.24) is 0 Å². The monoisotopic (exact) mass is 360 g/mol. The van der Waals surface area contributed by atoms with Gasteiger partial charge in [0.05, 0.1) is 10.0 Å². The summed E-state index contributed by atoms with van der Waals surface area (Å²) >= 11 is 14.8. The molecule has 0 fully saturated rings. The van der Waals surface area contributed by atoms with E-state index < -0.39 is 5.82 Å². The second-order valence-corrected chi connectivity index (χ2v) is 5.61. The number of halogens is 4. The van der Waals surface area contributed by atoms with Crippen LogP contribution in [0.5, 0.6) is 0 Å². The van der Waals surface area contributed by atoms with Gasteiger partial charge in [-0.3, -0.25) is 4.79 Å².